The van der Waals surface area contributed by atoms with Crippen molar-refractivity contribution < 1.29 is 4.74 Å². The van der Waals surface area contributed by atoms with Gasteiger partial charge in [-0.05, 0) is 13.3 Å². The van der Waals surface area contributed by atoms with Crippen LogP contribution in [0.4, 0.5) is 11.6 Å². The van der Waals surface area contributed by atoms with Crippen LogP contribution in [0.2, 0.25) is 0 Å². The fourth-order valence-electron chi connectivity index (χ4n) is 2.47. The zero-order valence-electron chi connectivity index (χ0n) is 12.8. The van der Waals surface area contributed by atoms with Crippen molar-refractivity contribution in [1.29, 1.82) is 0 Å². The number of hydrogen-bond acceptors (Lipinski definition) is 6. The number of anilines is 2. The summed E-state index contributed by atoms with van der Waals surface area (Å²) < 4.78 is 5.57. The first-order valence-electron chi connectivity index (χ1n) is 7.28. The maximum Gasteiger partial charge on any atom is 0.148 e. The minimum absolute atomic E-state index is 0.266. The molecule has 0 amide bonds. The lowest BCUT2D eigenvalue weighted by molar-refractivity contribution is 0.0924. The summed E-state index contributed by atoms with van der Waals surface area (Å²) in [5.74, 6) is 8.37. The monoisotopic (exact) mass is 279 g/mol. The summed E-state index contributed by atoms with van der Waals surface area (Å²) >= 11 is 0. The zero-order chi connectivity index (χ0) is 14.7. The molecule has 20 heavy (non-hydrogen) atoms. The molecule has 0 aliphatic carbocycles. The van der Waals surface area contributed by atoms with E-state index in [-0.39, 0.29) is 5.92 Å². The third-order valence-corrected chi connectivity index (χ3v) is 3.76. The van der Waals surface area contributed by atoms with Gasteiger partial charge in [-0.2, -0.15) is 0 Å². The van der Waals surface area contributed by atoms with Gasteiger partial charge in [-0.1, -0.05) is 20.8 Å². The third-order valence-electron chi connectivity index (χ3n) is 3.76. The standard InChI is InChI=1S/C14H25N5O/c1-5-11-8-20-7-6-19(11)14-10(4)13(18-15)16-12(17-14)9(2)3/h9,11H,5-8,15H2,1-4H3,(H,16,17,18). The van der Waals surface area contributed by atoms with Crippen LogP contribution in [0.15, 0.2) is 0 Å². The number of nitrogens with one attached hydrogen (secondary N) is 1. The second-order valence-corrected chi connectivity index (χ2v) is 5.51. The molecule has 0 spiro atoms. The molecule has 1 aromatic heterocycles. The summed E-state index contributed by atoms with van der Waals surface area (Å²) in [4.78, 5) is 11.6. The van der Waals surface area contributed by atoms with Gasteiger partial charge in [-0.3, -0.25) is 0 Å². The van der Waals surface area contributed by atoms with E-state index in [0.29, 0.717) is 11.9 Å². The highest BCUT2D eigenvalue weighted by Gasteiger charge is 2.26. The zero-order valence-corrected chi connectivity index (χ0v) is 12.8. The molecular weight excluding hydrogens is 254 g/mol. The molecule has 112 valence electrons. The summed E-state index contributed by atoms with van der Waals surface area (Å²) in [5.41, 5.74) is 3.69. The van der Waals surface area contributed by atoms with Crippen LogP contribution in [0.25, 0.3) is 0 Å². The molecule has 1 fully saturated rings. The number of hydrogen-bond donors (Lipinski definition) is 2. The van der Waals surface area contributed by atoms with Crippen LogP contribution in [-0.2, 0) is 4.74 Å². The number of nitrogens with zero attached hydrogens (tertiary/aromatic N) is 3. The molecule has 6 heteroatoms. The predicted molar refractivity (Wildman–Crippen MR) is 80.9 cm³/mol. The Bertz CT molecular complexity index is 463. The fraction of sp³-hybridized carbons (Fsp3) is 0.714. The minimum atomic E-state index is 0.266. The van der Waals surface area contributed by atoms with Crippen molar-refractivity contribution in [1.82, 2.24) is 9.97 Å². The molecule has 1 aliphatic rings. The van der Waals surface area contributed by atoms with Crippen molar-refractivity contribution in [2.75, 3.05) is 30.1 Å². The smallest absolute Gasteiger partial charge is 0.148 e. The first kappa shape index (κ1) is 15.0. The van der Waals surface area contributed by atoms with Gasteiger partial charge in [0.25, 0.3) is 0 Å². The van der Waals surface area contributed by atoms with Crippen molar-refractivity contribution in [3.8, 4) is 0 Å². The van der Waals surface area contributed by atoms with E-state index >= 15 is 0 Å². The van der Waals surface area contributed by atoms with E-state index in [0.717, 1.165) is 43.4 Å². The number of nitrogen functional groups attached to an aromatic ring is 1. The molecule has 1 saturated heterocycles. The van der Waals surface area contributed by atoms with Crippen molar-refractivity contribution in [3.63, 3.8) is 0 Å². The lowest BCUT2D eigenvalue weighted by Gasteiger charge is -2.37. The van der Waals surface area contributed by atoms with Crippen molar-refractivity contribution >= 4 is 11.6 Å². The summed E-state index contributed by atoms with van der Waals surface area (Å²) in [6.45, 7) is 10.7. The summed E-state index contributed by atoms with van der Waals surface area (Å²) in [5, 5.41) is 0. The lowest BCUT2D eigenvalue weighted by atomic mass is 10.1. The van der Waals surface area contributed by atoms with Gasteiger partial charge < -0.3 is 15.1 Å². The Balaban J connectivity index is 2.45. The highest BCUT2D eigenvalue weighted by molar-refractivity contribution is 5.59. The van der Waals surface area contributed by atoms with E-state index in [2.05, 4.69) is 36.1 Å². The number of nitrogens with two attached hydrogens (primary N) is 1. The molecule has 1 atom stereocenters. The largest absolute Gasteiger partial charge is 0.377 e. The minimum Gasteiger partial charge on any atom is -0.377 e. The van der Waals surface area contributed by atoms with E-state index in [9.17, 15) is 0 Å². The maximum atomic E-state index is 5.60. The molecule has 2 rings (SSSR count). The van der Waals surface area contributed by atoms with E-state index in [1.165, 1.54) is 0 Å². The Hall–Kier alpha value is -1.40. The summed E-state index contributed by atoms with van der Waals surface area (Å²) in [6, 6.07) is 0.364. The van der Waals surface area contributed by atoms with Crippen LogP contribution in [0, 0.1) is 6.92 Å². The molecule has 6 nitrogen and oxygen atoms in total. The SMILES string of the molecule is CCC1COCCN1c1nc(C(C)C)nc(NN)c1C. The van der Waals surface area contributed by atoms with Crippen molar-refractivity contribution in [2.45, 2.75) is 46.1 Å². The fourth-order valence-corrected chi connectivity index (χ4v) is 2.47. The Morgan fingerprint density at radius 3 is 2.80 bits per heavy atom. The molecule has 3 N–H and O–H groups in total. The molecule has 0 bridgehead atoms. The average molecular weight is 279 g/mol. The van der Waals surface area contributed by atoms with Gasteiger partial charge in [-0.15, -0.1) is 0 Å². The molecule has 2 heterocycles. The first-order chi connectivity index (χ1) is 9.58. The second-order valence-electron chi connectivity index (χ2n) is 5.51. The molecule has 0 radical (unpaired) electrons. The number of aromatic nitrogens is 2. The van der Waals surface area contributed by atoms with Gasteiger partial charge in [0.05, 0.1) is 19.3 Å². The van der Waals surface area contributed by atoms with E-state index in [4.69, 9.17) is 15.6 Å². The van der Waals surface area contributed by atoms with E-state index in [1.54, 1.807) is 0 Å². The van der Waals surface area contributed by atoms with Crippen LogP contribution >= 0.6 is 0 Å². The molecule has 0 aromatic carbocycles. The Kier molecular flexibility index (Phi) is 4.77. The van der Waals surface area contributed by atoms with Gasteiger partial charge in [0.1, 0.15) is 17.5 Å². The lowest BCUT2D eigenvalue weighted by Crippen LogP contribution is -2.46. The van der Waals surface area contributed by atoms with E-state index in [1.807, 2.05) is 6.92 Å². The van der Waals surface area contributed by atoms with Gasteiger partial charge in [0.15, 0.2) is 0 Å². The van der Waals surface area contributed by atoms with Gasteiger partial charge in [0, 0.05) is 18.0 Å². The molecular formula is C14H25N5O. The number of morpholine rings is 1. The summed E-state index contributed by atoms with van der Waals surface area (Å²) in [7, 11) is 0. The predicted octanol–water partition coefficient (Wildman–Crippen LogP) is 1.81. The normalized spacial score (nSPS) is 19.5. The quantitative estimate of drug-likeness (QED) is 0.646. The van der Waals surface area contributed by atoms with Gasteiger partial charge in [0.2, 0.25) is 0 Å². The number of ether oxygens (including phenoxy) is 1. The highest BCUT2D eigenvalue weighted by Crippen LogP contribution is 2.28. The van der Waals surface area contributed by atoms with Gasteiger partial charge >= 0.3 is 0 Å². The van der Waals surface area contributed by atoms with Crippen LogP contribution in [-0.4, -0.2) is 35.8 Å². The highest BCUT2D eigenvalue weighted by atomic mass is 16.5. The molecule has 1 unspecified atom stereocenters. The third kappa shape index (κ3) is 2.86. The van der Waals surface area contributed by atoms with Crippen LogP contribution in [0.3, 0.4) is 0 Å². The van der Waals surface area contributed by atoms with Crippen molar-refractivity contribution in [2.24, 2.45) is 5.84 Å². The number of hydrazine groups is 1. The topological polar surface area (TPSA) is 76.3 Å². The average Bonchev–Trinajstić information content (AvgIpc) is 2.47. The maximum absolute atomic E-state index is 5.60. The molecule has 1 aliphatic heterocycles. The van der Waals surface area contributed by atoms with Crippen LogP contribution in [0.5, 0.6) is 0 Å². The second kappa shape index (κ2) is 6.37. The molecule has 0 saturated carbocycles. The Morgan fingerprint density at radius 1 is 1.45 bits per heavy atom. The van der Waals surface area contributed by atoms with Crippen LogP contribution < -0.4 is 16.2 Å². The Labute approximate surface area is 120 Å². The molecule has 1 aromatic rings. The van der Waals surface area contributed by atoms with Gasteiger partial charge in [-0.25, -0.2) is 15.8 Å². The first-order valence-corrected chi connectivity index (χ1v) is 7.28. The van der Waals surface area contributed by atoms with Crippen molar-refractivity contribution in [3.05, 3.63) is 11.4 Å². The Morgan fingerprint density at radius 2 is 2.20 bits per heavy atom. The van der Waals surface area contributed by atoms with Crippen LogP contribution in [0.1, 0.15) is 44.5 Å². The van der Waals surface area contributed by atoms with E-state index < -0.39 is 0 Å². The number of rotatable bonds is 4. The summed E-state index contributed by atoms with van der Waals surface area (Å²) in [6.07, 6.45) is 1.03.